The molecule has 0 amide bonds. The number of ether oxygens (including phenoxy) is 2. The van der Waals surface area contributed by atoms with Crippen LogP contribution >= 0.6 is 0 Å². The van der Waals surface area contributed by atoms with Gasteiger partial charge >= 0.3 is 0 Å². The van der Waals surface area contributed by atoms with Gasteiger partial charge in [-0.3, -0.25) is 0 Å². The molecule has 2 atom stereocenters. The van der Waals surface area contributed by atoms with E-state index in [1.165, 1.54) is 5.56 Å². The van der Waals surface area contributed by atoms with Gasteiger partial charge in [-0.1, -0.05) is 19.2 Å². The number of aromatic nitrogens is 1. The number of aryl methyl sites for hydroxylation is 1. The Hall–Kier alpha value is -2.33. The second kappa shape index (κ2) is 6.42. The first-order valence-electron chi connectivity index (χ1n) is 7.80. The van der Waals surface area contributed by atoms with Gasteiger partial charge in [-0.2, -0.15) is 0 Å². The lowest BCUT2D eigenvalue weighted by molar-refractivity contribution is -0.119. The summed E-state index contributed by atoms with van der Waals surface area (Å²) in [5, 5.41) is 1.14. The third-order valence-corrected chi connectivity index (χ3v) is 4.15. The van der Waals surface area contributed by atoms with Crippen LogP contribution in [0.15, 0.2) is 43.0 Å². The molecule has 1 aromatic carbocycles. The van der Waals surface area contributed by atoms with Gasteiger partial charge in [0.25, 0.3) is 0 Å². The summed E-state index contributed by atoms with van der Waals surface area (Å²) in [5.41, 5.74) is 4.27. The van der Waals surface area contributed by atoms with Crippen molar-refractivity contribution in [1.29, 1.82) is 0 Å². The van der Waals surface area contributed by atoms with Crippen LogP contribution in [0.2, 0.25) is 0 Å². The predicted octanol–water partition coefficient (Wildman–Crippen LogP) is 3.88. The largest absolute Gasteiger partial charge is 0.490 e. The Morgan fingerprint density at radius 1 is 1.43 bits per heavy atom. The summed E-state index contributed by atoms with van der Waals surface area (Å²) in [5.74, 6) is 0.822. The molecule has 4 heteroatoms. The number of H-pyrrole nitrogens is 1. The first kappa shape index (κ1) is 15.6. The quantitative estimate of drug-likeness (QED) is 0.650. The Morgan fingerprint density at radius 2 is 2.26 bits per heavy atom. The van der Waals surface area contributed by atoms with Crippen molar-refractivity contribution in [2.24, 2.45) is 0 Å². The highest BCUT2D eigenvalue weighted by molar-refractivity contribution is 5.86. The lowest BCUT2D eigenvalue weighted by atomic mass is 9.90. The summed E-state index contributed by atoms with van der Waals surface area (Å²) in [4.78, 5) is 14.4. The lowest BCUT2D eigenvalue weighted by Crippen LogP contribution is -2.20. The average Bonchev–Trinajstić information content (AvgIpc) is 2.93. The molecule has 0 fully saturated rings. The van der Waals surface area contributed by atoms with Crippen LogP contribution < -0.4 is 4.74 Å². The predicted molar refractivity (Wildman–Crippen MR) is 90.8 cm³/mol. The number of nitrogens with one attached hydrogen (secondary N) is 1. The zero-order chi connectivity index (χ0) is 16.4. The molecule has 1 N–H and O–H groups in total. The van der Waals surface area contributed by atoms with Gasteiger partial charge < -0.3 is 19.3 Å². The van der Waals surface area contributed by atoms with E-state index in [9.17, 15) is 4.79 Å². The highest BCUT2D eigenvalue weighted by Gasteiger charge is 2.29. The molecule has 2 aromatic rings. The number of hydrogen-bond acceptors (Lipinski definition) is 3. The minimum absolute atomic E-state index is 0.260. The Labute approximate surface area is 135 Å². The number of aldehydes is 1. The van der Waals surface area contributed by atoms with Crippen LogP contribution in [0.25, 0.3) is 10.9 Å². The summed E-state index contributed by atoms with van der Waals surface area (Å²) in [7, 11) is 0. The minimum Gasteiger partial charge on any atom is -0.490 e. The van der Waals surface area contributed by atoms with Crippen molar-refractivity contribution >= 4 is 17.2 Å². The summed E-state index contributed by atoms with van der Waals surface area (Å²) in [6.07, 6.45) is 3.59. The maximum absolute atomic E-state index is 10.9. The van der Waals surface area contributed by atoms with Crippen molar-refractivity contribution in [1.82, 2.24) is 4.98 Å². The van der Waals surface area contributed by atoms with Gasteiger partial charge in [-0.15, -0.1) is 0 Å². The standard InChI is InChI=1S/C19H21NO3/c1-4-9-22-14-6-8-17-16(10-14)15-7-5-12(2)19(18(15)20-17)23-13(3)11-21/h4,6,8,10-11,13,19-20H,1-2,5,7,9H2,3H3. The van der Waals surface area contributed by atoms with Crippen molar-refractivity contribution in [3.63, 3.8) is 0 Å². The maximum Gasteiger partial charge on any atom is 0.148 e. The SMILES string of the molecule is C=CCOc1ccc2[nH]c3c(c2c1)CCC(=C)C3OC(C)C=O. The van der Waals surface area contributed by atoms with Crippen molar-refractivity contribution < 1.29 is 14.3 Å². The highest BCUT2D eigenvalue weighted by atomic mass is 16.5. The molecule has 0 aliphatic heterocycles. The molecule has 3 rings (SSSR count). The molecule has 0 bridgehead atoms. The molecule has 1 aliphatic rings. The topological polar surface area (TPSA) is 51.3 Å². The summed E-state index contributed by atoms with van der Waals surface area (Å²) >= 11 is 0. The van der Waals surface area contributed by atoms with Crippen LogP contribution in [0.3, 0.4) is 0 Å². The van der Waals surface area contributed by atoms with Gasteiger partial charge in [0.2, 0.25) is 0 Å². The van der Waals surface area contributed by atoms with Crippen molar-refractivity contribution in [2.75, 3.05) is 6.61 Å². The Kier molecular flexibility index (Phi) is 4.35. The fourth-order valence-electron chi connectivity index (χ4n) is 3.02. The Balaban J connectivity index is 2.01. The average molecular weight is 311 g/mol. The molecule has 1 aliphatic carbocycles. The van der Waals surface area contributed by atoms with Crippen LogP contribution in [-0.4, -0.2) is 24.0 Å². The molecule has 0 saturated carbocycles. The van der Waals surface area contributed by atoms with E-state index in [0.717, 1.165) is 47.0 Å². The van der Waals surface area contributed by atoms with E-state index in [2.05, 4.69) is 18.1 Å². The molecule has 0 radical (unpaired) electrons. The van der Waals surface area contributed by atoms with Gasteiger partial charge in [0.1, 0.15) is 30.9 Å². The monoisotopic (exact) mass is 311 g/mol. The maximum atomic E-state index is 10.9. The number of hydrogen-bond donors (Lipinski definition) is 1. The number of carbonyl (C=O) groups excluding carboxylic acids is 1. The van der Waals surface area contributed by atoms with E-state index in [0.29, 0.717) is 6.61 Å². The van der Waals surface area contributed by atoms with Crippen LogP contribution in [0.5, 0.6) is 5.75 Å². The van der Waals surface area contributed by atoms with E-state index in [-0.39, 0.29) is 6.10 Å². The Bertz CT molecular complexity index is 759. The Morgan fingerprint density at radius 3 is 3.00 bits per heavy atom. The fraction of sp³-hybridized carbons (Fsp3) is 0.316. The lowest BCUT2D eigenvalue weighted by Gasteiger charge is -2.26. The molecule has 0 saturated heterocycles. The molecule has 4 nitrogen and oxygen atoms in total. The van der Waals surface area contributed by atoms with Crippen molar-refractivity contribution in [3.8, 4) is 5.75 Å². The fourth-order valence-corrected chi connectivity index (χ4v) is 3.02. The van der Waals surface area contributed by atoms with Crippen LogP contribution in [0, 0.1) is 0 Å². The third kappa shape index (κ3) is 2.94. The van der Waals surface area contributed by atoms with Gasteiger partial charge in [0, 0.05) is 10.9 Å². The minimum atomic E-state index is -0.458. The zero-order valence-corrected chi connectivity index (χ0v) is 13.3. The summed E-state index contributed by atoms with van der Waals surface area (Å²) in [6.45, 7) is 10.0. The van der Waals surface area contributed by atoms with E-state index in [1.54, 1.807) is 13.0 Å². The van der Waals surface area contributed by atoms with Crippen molar-refractivity contribution in [3.05, 3.63) is 54.3 Å². The van der Waals surface area contributed by atoms with Gasteiger partial charge in [0.15, 0.2) is 0 Å². The second-order valence-corrected chi connectivity index (χ2v) is 5.84. The number of fused-ring (bicyclic) bond motifs is 3. The van der Waals surface area contributed by atoms with Gasteiger partial charge in [-0.25, -0.2) is 0 Å². The molecule has 1 aromatic heterocycles. The van der Waals surface area contributed by atoms with Gasteiger partial charge in [-0.05, 0) is 49.1 Å². The van der Waals surface area contributed by atoms with Crippen LogP contribution in [0.1, 0.15) is 30.7 Å². The second-order valence-electron chi connectivity index (χ2n) is 5.84. The molecule has 0 spiro atoms. The molecule has 2 unspecified atom stereocenters. The van der Waals surface area contributed by atoms with E-state index < -0.39 is 6.10 Å². The normalized spacial score (nSPS) is 18.5. The highest BCUT2D eigenvalue weighted by Crippen LogP contribution is 2.40. The van der Waals surface area contributed by atoms with Gasteiger partial charge in [0.05, 0.1) is 5.69 Å². The molecule has 120 valence electrons. The summed E-state index contributed by atoms with van der Waals surface area (Å²) < 4.78 is 11.5. The number of rotatable bonds is 6. The zero-order valence-electron chi connectivity index (χ0n) is 13.3. The van der Waals surface area contributed by atoms with E-state index in [4.69, 9.17) is 9.47 Å². The van der Waals surface area contributed by atoms with Crippen LogP contribution in [0.4, 0.5) is 0 Å². The molecular formula is C19H21NO3. The molecular weight excluding hydrogens is 290 g/mol. The third-order valence-electron chi connectivity index (χ3n) is 4.15. The first-order valence-corrected chi connectivity index (χ1v) is 7.80. The van der Waals surface area contributed by atoms with E-state index >= 15 is 0 Å². The van der Waals surface area contributed by atoms with Crippen molar-refractivity contribution in [2.45, 2.75) is 32.0 Å². The van der Waals surface area contributed by atoms with E-state index in [1.807, 2.05) is 18.2 Å². The number of benzene rings is 1. The molecule has 1 heterocycles. The smallest absolute Gasteiger partial charge is 0.148 e. The molecule has 23 heavy (non-hydrogen) atoms. The van der Waals surface area contributed by atoms with Crippen LogP contribution in [-0.2, 0) is 16.0 Å². The first-order chi connectivity index (χ1) is 11.1. The summed E-state index contributed by atoms with van der Waals surface area (Å²) in [6, 6.07) is 5.99. The number of carbonyl (C=O) groups is 1. The number of aromatic amines is 1.